The molecule has 0 aromatic heterocycles. The van der Waals surface area contributed by atoms with E-state index in [-0.39, 0.29) is 12.2 Å². The number of alkyl halides is 3. The number of halogens is 4. The average Bonchev–Trinajstić information content (AvgIpc) is 3.16. The van der Waals surface area contributed by atoms with Crippen molar-refractivity contribution >= 4 is 34.6 Å². The molecule has 0 unspecified atom stereocenters. The van der Waals surface area contributed by atoms with Crippen molar-refractivity contribution in [2.75, 3.05) is 35.2 Å². The molecule has 0 radical (unpaired) electrons. The van der Waals surface area contributed by atoms with Gasteiger partial charge in [0.15, 0.2) is 0 Å². The maximum absolute atomic E-state index is 12.9. The quantitative estimate of drug-likeness (QED) is 0.745. The molecule has 1 heterocycles. The van der Waals surface area contributed by atoms with Gasteiger partial charge in [0.25, 0.3) is 0 Å². The normalized spacial score (nSPS) is 14.3. The summed E-state index contributed by atoms with van der Waals surface area (Å²) in [6, 6.07) is 11.0. The van der Waals surface area contributed by atoms with Crippen molar-refractivity contribution in [1.82, 2.24) is 0 Å². The van der Waals surface area contributed by atoms with Gasteiger partial charge in [0, 0.05) is 30.2 Å². The van der Waals surface area contributed by atoms with Crippen LogP contribution in [0.1, 0.15) is 18.4 Å². The molecular formula is C19H19ClF3N3O. The number of benzene rings is 2. The zero-order valence-electron chi connectivity index (χ0n) is 14.4. The summed E-state index contributed by atoms with van der Waals surface area (Å²) in [4.78, 5) is 14.3. The van der Waals surface area contributed by atoms with Crippen LogP contribution in [0.5, 0.6) is 0 Å². The van der Waals surface area contributed by atoms with Crippen molar-refractivity contribution in [3.8, 4) is 0 Å². The van der Waals surface area contributed by atoms with Crippen molar-refractivity contribution in [3.05, 3.63) is 53.1 Å². The predicted octanol–water partition coefficient (Wildman–Crippen LogP) is 5.01. The van der Waals surface area contributed by atoms with Crippen molar-refractivity contribution in [2.24, 2.45) is 0 Å². The summed E-state index contributed by atoms with van der Waals surface area (Å²) in [5.74, 6) is -0.450. The largest absolute Gasteiger partial charge is 0.417 e. The fourth-order valence-electron chi connectivity index (χ4n) is 2.97. The standard InChI is InChI=1S/C19H19ClF3N3O/c20-17-8-5-14(11-16(17)19(21,22)23)25-18(27)12-24-13-3-6-15(7-4-13)26-9-1-2-10-26/h3-8,11,24H,1-2,9-10,12H2,(H,25,27). The Labute approximate surface area is 160 Å². The van der Waals surface area contributed by atoms with E-state index in [1.54, 1.807) is 0 Å². The van der Waals surface area contributed by atoms with E-state index in [0.717, 1.165) is 36.6 Å². The van der Waals surface area contributed by atoms with E-state index in [2.05, 4.69) is 15.5 Å². The highest BCUT2D eigenvalue weighted by molar-refractivity contribution is 6.31. The molecule has 0 atom stereocenters. The number of nitrogens with one attached hydrogen (secondary N) is 2. The number of hydrogen-bond donors (Lipinski definition) is 2. The molecule has 8 heteroatoms. The van der Waals surface area contributed by atoms with Gasteiger partial charge in [0.2, 0.25) is 5.91 Å². The van der Waals surface area contributed by atoms with Crippen LogP contribution < -0.4 is 15.5 Å². The number of carbonyl (C=O) groups excluding carboxylic acids is 1. The van der Waals surface area contributed by atoms with E-state index in [1.807, 2.05) is 24.3 Å². The van der Waals surface area contributed by atoms with Crippen LogP contribution in [0.4, 0.5) is 30.2 Å². The minimum absolute atomic E-state index is 0.0444. The lowest BCUT2D eigenvalue weighted by molar-refractivity contribution is -0.137. The van der Waals surface area contributed by atoms with Crippen LogP contribution in [0.2, 0.25) is 5.02 Å². The second-order valence-corrected chi connectivity index (χ2v) is 6.74. The Hall–Kier alpha value is -2.41. The highest BCUT2D eigenvalue weighted by atomic mass is 35.5. The molecule has 1 aliphatic rings. The van der Waals surface area contributed by atoms with Gasteiger partial charge >= 0.3 is 6.18 Å². The summed E-state index contributed by atoms with van der Waals surface area (Å²) >= 11 is 5.57. The molecule has 27 heavy (non-hydrogen) atoms. The highest BCUT2D eigenvalue weighted by Gasteiger charge is 2.33. The molecule has 0 spiro atoms. The van der Waals surface area contributed by atoms with Gasteiger partial charge in [-0.3, -0.25) is 4.79 Å². The van der Waals surface area contributed by atoms with Crippen LogP contribution in [-0.2, 0) is 11.0 Å². The van der Waals surface area contributed by atoms with Crippen LogP contribution >= 0.6 is 11.6 Å². The third kappa shape index (κ3) is 5.07. The number of carbonyl (C=O) groups is 1. The van der Waals surface area contributed by atoms with Crippen LogP contribution in [0, 0.1) is 0 Å². The molecule has 4 nitrogen and oxygen atoms in total. The molecule has 3 rings (SSSR count). The zero-order chi connectivity index (χ0) is 19.4. The van der Waals surface area contributed by atoms with Gasteiger partial charge in [-0.15, -0.1) is 0 Å². The molecular weight excluding hydrogens is 379 g/mol. The number of nitrogens with zero attached hydrogens (tertiary/aromatic N) is 1. The topological polar surface area (TPSA) is 44.4 Å². The van der Waals surface area contributed by atoms with Gasteiger partial charge in [-0.05, 0) is 55.3 Å². The molecule has 0 aliphatic carbocycles. The fourth-order valence-corrected chi connectivity index (χ4v) is 3.20. The Kier molecular flexibility index (Phi) is 5.79. The van der Waals surface area contributed by atoms with Gasteiger partial charge in [-0.2, -0.15) is 13.2 Å². The van der Waals surface area contributed by atoms with E-state index < -0.39 is 22.7 Å². The van der Waals surface area contributed by atoms with Crippen molar-refractivity contribution < 1.29 is 18.0 Å². The lowest BCUT2D eigenvalue weighted by Gasteiger charge is -2.18. The smallest absolute Gasteiger partial charge is 0.376 e. The minimum atomic E-state index is -4.58. The van der Waals surface area contributed by atoms with E-state index in [1.165, 1.54) is 18.9 Å². The first kappa shape index (κ1) is 19.4. The summed E-state index contributed by atoms with van der Waals surface area (Å²) in [6.45, 7) is 2.04. The van der Waals surface area contributed by atoms with Gasteiger partial charge < -0.3 is 15.5 Å². The van der Waals surface area contributed by atoms with Crippen molar-refractivity contribution in [2.45, 2.75) is 19.0 Å². The van der Waals surface area contributed by atoms with Gasteiger partial charge in [0.05, 0.1) is 17.1 Å². The zero-order valence-corrected chi connectivity index (χ0v) is 15.2. The molecule has 0 saturated carbocycles. The maximum Gasteiger partial charge on any atom is 0.417 e. The number of rotatable bonds is 5. The Morgan fingerprint density at radius 2 is 1.67 bits per heavy atom. The number of anilines is 3. The first-order valence-corrected chi connectivity index (χ1v) is 8.96. The fraction of sp³-hybridized carbons (Fsp3) is 0.316. The van der Waals surface area contributed by atoms with Crippen LogP contribution in [0.25, 0.3) is 0 Å². The van der Waals surface area contributed by atoms with Gasteiger partial charge in [-0.25, -0.2) is 0 Å². The lowest BCUT2D eigenvalue weighted by atomic mass is 10.2. The van der Waals surface area contributed by atoms with Crippen LogP contribution in [0.3, 0.4) is 0 Å². The SMILES string of the molecule is O=C(CNc1ccc(N2CCCC2)cc1)Nc1ccc(Cl)c(C(F)(F)F)c1. The third-order valence-corrected chi connectivity index (χ3v) is 4.68. The van der Waals surface area contributed by atoms with Gasteiger partial charge in [-0.1, -0.05) is 11.6 Å². The number of hydrogen-bond acceptors (Lipinski definition) is 3. The van der Waals surface area contributed by atoms with E-state index in [4.69, 9.17) is 11.6 Å². The molecule has 2 aromatic rings. The summed E-state index contributed by atoms with van der Waals surface area (Å²) in [5.41, 5.74) is 0.971. The molecule has 144 valence electrons. The summed E-state index contributed by atoms with van der Waals surface area (Å²) < 4.78 is 38.6. The Morgan fingerprint density at radius 1 is 1.04 bits per heavy atom. The molecule has 2 N–H and O–H groups in total. The molecule has 1 amide bonds. The second-order valence-electron chi connectivity index (χ2n) is 6.34. The molecule has 1 aliphatic heterocycles. The molecule has 2 aromatic carbocycles. The third-order valence-electron chi connectivity index (χ3n) is 4.35. The summed E-state index contributed by atoms with van der Waals surface area (Å²) in [6.07, 6.45) is -2.19. The van der Waals surface area contributed by atoms with Crippen LogP contribution in [0.15, 0.2) is 42.5 Å². The number of amides is 1. The second kappa shape index (κ2) is 8.08. The van der Waals surface area contributed by atoms with Crippen molar-refractivity contribution in [1.29, 1.82) is 0 Å². The minimum Gasteiger partial charge on any atom is -0.376 e. The van der Waals surface area contributed by atoms with Gasteiger partial charge in [0.1, 0.15) is 0 Å². The monoisotopic (exact) mass is 397 g/mol. The van der Waals surface area contributed by atoms with E-state index in [9.17, 15) is 18.0 Å². The molecule has 0 bridgehead atoms. The maximum atomic E-state index is 12.9. The first-order chi connectivity index (χ1) is 12.8. The van der Waals surface area contributed by atoms with E-state index >= 15 is 0 Å². The highest BCUT2D eigenvalue weighted by Crippen LogP contribution is 2.36. The Bertz CT molecular complexity index is 803. The summed E-state index contributed by atoms with van der Waals surface area (Å²) in [7, 11) is 0. The average molecular weight is 398 g/mol. The van der Waals surface area contributed by atoms with E-state index in [0.29, 0.717) is 0 Å². The predicted molar refractivity (Wildman–Crippen MR) is 101 cm³/mol. The summed E-state index contributed by atoms with van der Waals surface area (Å²) in [5, 5.41) is 4.99. The molecule has 1 fully saturated rings. The molecule has 1 saturated heterocycles. The lowest BCUT2D eigenvalue weighted by Crippen LogP contribution is -2.22. The first-order valence-electron chi connectivity index (χ1n) is 8.58. The van der Waals surface area contributed by atoms with Crippen molar-refractivity contribution in [3.63, 3.8) is 0 Å². The Morgan fingerprint density at radius 3 is 2.30 bits per heavy atom. The van der Waals surface area contributed by atoms with Crippen LogP contribution in [-0.4, -0.2) is 25.5 Å². The Balaban J connectivity index is 1.55.